The zero-order valence-electron chi connectivity index (χ0n) is 94.3. The van der Waals surface area contributed by atoms with E-state index in [0.29, 0.717) is 6.10 Å². The molecule has 1 aliphatic rings. The van der Waals surface area contributed by atoms with Gasteiger partial charge in [-0.05, 0) is 202 Å². The largest absolute Gasteiger partial charge is 0.496 e. The van der Waals surface area contributed by atoms with Crippen molar-refractivity contribution >= 4 is 0 Å². The first-order chi connectivity index (χ1) is 64.9. The normalized spacial score (nSPS) is 13.4. The first kappa shape index (κ1) is 135. The fourth-order valence-corrected chi connectivity index (χ4v) is 17.8. The number of hydrogen-bond donors (Lipinski definition) is 0. The quantitative estimate of drug-likeness (QED) is 0.0244. The fraction of sp³-hybridized carbons (Fsp3) is 0.726. The van der Waals surface area contributed by atoms with E-state index in [1.807, 2.05) is 121 Å². The minimum Gasteiger partial charge on any atom is -0.496 e. The Bertz CT molecular complexity index is 3140. The van der Waals surface area contributed by atoms with Gasteiger partial charge in [0.2, 0.25) is 0 Å². The summed E-state index contributed by atoms with van der Waals surface area (Å²) in [6.45, 7) is 105. The molecule has 4 aromatic rings. The molecule has 0 spiro atoms. The van der Waals surface area contributed by atoms with Gasteiger partial charge in [0.1, 0.15) is 135 Å². The molecular formula is C117H228N9O9+9. The molecule has 0 heterocycles. The van der Waals surface area contributed by atoms with E-state index in [-0.39, 0.29) is 0 Å². The highest BCUT2D eigenvalue weighted by Crippen LogP contribution is 2.23. The molecule has 0 N–H and O–H groups in total. The highest BCUT2D eigenvalue weighted by atomic mass is 16.5. The van der Waals surface area contributed by atoms with Crippen LogP contribution in [0.1, 0.15) is 261 Å². The maximum Gasteiger partial charge on any atom is 0.137 e. The third-order valence-electron chi connectivity index (χ3n) is 27.6. The van der Waals surface area contributed by atoms with Gasteiger partial charge in [0.25, 0.3) is 0 Å². The van der Waals surface area contributed by atoms with E-state index in [2.05, 4.69) is 214 Å². The standard InChI is InChI=1S/C17H36NO.C17H30NO.C16H28NO.C14H24NO.C13H28NO.C12H26NO.C11H18NO.C10H22NO.C7H16NO/c2*1-4-7-14-18(6-3,13-5-2)15-16-19-17-11-9-8-10-12-17;1-4-12-17(6-3,13-5-2)14-15-18-16-10-8-7-9-11-16;1-4-15(5-2,6-3)12-13-16-14-10-8-7-9-11-14;1-5-9-11-14(7-3,10-6-2)12-13-15-8-4;1-5-9-13(7-3,10-6-2)11-12-14-8-4;1-12(2,3)9-10-13-11-7-5-4-6-8-11;1-5-11(6-2,7-3)9-10-12-8-4;1-5-9-7-6-8(2,3)4/h17H,4-16H2,1-3H3;8-12H,4-7,13-16H2,1-3H3;7-11H,4-6,12-15H2,1-3H3;7-11H,4-6,12-13H2,1-3H3;8H,4-7,9-13H2,1-3H3;8H,4-7,9-12H2,1-3H3;4-8H,9-10H2,1-3H3;8H,4-7,9-10H2,1-3H3;5H,1,6-7H2,2-4H3/q9*+1. The number of ether oxygens (including phenoxy) is 9. The summed E-state index contributed by atoms with van der Waals surface area (Å²) in [5.74, 6) is 3.91. The molecule has 0 bridgehead atoms. The number of nitrogens with zero attached hydrogens (tertiary/aromatic N) is 9. The lowest BCUT2D eigenvalue weighted by Crippen LogP contribution is -2.51. The zero-order valence-corrected chi connectivity index (χ0v) is 94.3. The Morgan fingerprint density at radius 3 is 0.630 bits per heavy atom. The molecule has 5 rings (SSSR count). The Morgan fingerprint density at radius 1 is 0.222 bits per heavy atom. The number of quaternary nitrogens is 9. The Hall–Kier alpha value is -6.16. The van der Waals surface area contributed by atoms with Crippen LogP contribution in [0.5, 0.6) is 23.0 Å². The van der Waals surface area contributed by atoms with Gasteiger partial charge in [-0.1, -0.05) is 207 Å². The van der Waals surface area contributed by atoms with Gasteiger partial charge in [-0.2, -0.15) is 0 Å². The molecule has 0 aliphatic heterocycles. The molecule has 18 nitrogen and oxygen atoms in total. The van der Waals surface area contributed by atoms with Crippen LogP contribution in [-0.2, 0) is 23.7 Å². The second-order valence-corrected chi connectivity index (χ2v) is 39.2. The predicted octanol–water partition coefficient (Wildman–Crippen LogP) is 25.8. The van der Waals surface area contributed by atoms with E-state index >= 15 is 0 Å². The minimum atomic E-state index is 0.570. The second-order valence-electron chi connectivity index (χ2n) is 39.2. The van der Waals surface area contributed by atoms with Gasteiger partial charge in [-0.15, -0.1) is 0 Å². The molecule has 18 heteroatoms. The molecule has 135 heavy (non-hydrogen) atoms. The van der Waals surface area contributed by atoms with Gasteiger partial charge in [0, 0.05) is 0 Å². The highest BCUT2D eigenvalue weighted by Gasteiger charge is 2.30. The average molecular weight is 1910 g/mol. The van der Waals surface area contributed by atoms with Crippen molar-refractivity contribution in [2.75, 3.05) is 298 Å². The number of rotatable bonds is 70. The molecule has 0 saturated heterocycles. The monoisotopic (exact) mass is 1900 g/mol. The molecular weight excluding hydrogens is 1680 g/mol. The maximum atomic E-state index is 6.15. The molecule has 3 atom stereocenters. The van der Waals surface area contributed by atoms with Crippen LogP contribution in [-0.4, -0.2) is 345 Å². The summed E-state index contributed by atoms with van der Waals surface area (Å²) in [6.07, 6.45) is 30.1. The lowest BCUT2D eigenvalue weighted by molar-refractivity contribution is -0.927. The molecule has 4 aromatic carbocycles. The first-order valence-electron chi connectivity index (χ1n) is 54.7. The maximum absolute atomic E-state index is 6.15. The summed E-state index contributed by atoms with van der Waals surface area (Å²) < 4.78 is 60.0. The van der Waals surface area contributed by atoms with Crippen LogP contribution in [0, 0.1) is 0 Å². The van der Waals surface area contributed by atoms with Crippen LogP contribution < -0.4 is 18.9 Å². The number of benzene rings is 4. The Morgan fingerprint density at radius 2 is 0.415 bits per heavy atom. The number of unbranched alkanes of at least 4 members (excludes halogenated alkanes) is 3. The average Bonchev–Trinajstić information content (AvgIpc) is 0.874. The first-order valence-corrected chi connectivity index (χ1v) is 54.7. The van der Waals surface area contributed by atoms with Gasteiger partial charge in [0.15, 0.2) is 0 Å². The van der Waals surface area contributed by atoms with Crippen molar-refractivity contribution in [2.24, 2.45) is 0 Å². The van der Waals surface area contributed by atoms with E-state index in [4.69, 9.17) is 42.6 Å². The lowest BCUT2D eigenvalue weighted by Gasteiger charge is -2.38. The van der Waals surface area contributed by atoms with Crippen molar-refractivity contribution in [3.63, 3.8) is 0 Å². The van der Waals surface area contributed by atoms with Gasteiger partial charge in [-0.3, -0.25) is 0 Å². The summed E-state index contributed by atoms with van der Waals surface area (Å²) in [5, 5.41) is 0. The van der Waals surface area contributed by atoms with E-state index in [1.165, 1.54) is 294 Å². The van der Waals surface area contributed by atoms with E-state index in [9.17, 15) is 0 Å². The number of hydrogen-bond acceptors (Lipinski definition) is 9. The Balaban J connectivity index is -0.000000720. The van der Waals surface area contributed by atoms with Crippen LogP contribution in [0.15, 0.2) is 173 Å². The molecule has 1 aliphatic carbocycles. The van der Waals surface area contributed by atoms with Crippen LogP contribution in [0.4, 0.5) is 0 Å². The minimum absolute atomic E-state index is 0.570. The van der Waals surface area contributed by atoms with Crippen LogP contribution >= 0.6 is 0 Å². The van der Waals surface area contributed by atoms with Gasteiger partial charge in [-0.25, -0.2) is 0 Å². The van der Waals surface area contributed by atoms with Gasteiger partial charge >= 0.3 is 0 Å². The van der Waals surface area contributed by atoms with Crippen molar-refractivity contribution in [1.29, 1.82) is 0 Å². The number of likely N-dealkylation sites (N-methyl/N-ethyl adjacent to an activating group) is 9. The number of para-hydroxylation sites is 4. The van der Waals surface area contributed by atoms with E-state index < -0.39 is 0 Å². The fourth-order valence-electron chi connectivity index (χ4n) is 17.8. The molecule has 0 amide bonds. The molecule has 0 radical (unpaired) electrons. The van der Waals surface area contributed by atoms with Gasteiger partial charge in [0.05, 0.1) is 217 Å². The summed E-state index contributed by atoms with van der Waals surface area (Å²) in [7, 11) is 12.9. The van der Waals surface area contributed by atoms with Crippen molar-refractivity contribution in [3.8, 4) is 23.0 Å². The predicted molar refractivity (Wildman–Crippen MR) is 588 cm³/mol. The molecule has 1 fully saturated rings. The lowest BCUT2D eigenvalue weighted by atomic mass is 9.98. The molecule has 0 aromatic heterocycles. The molecule has 3 unspecified atom stereocenters. The SMILES string of the molecule is C=COCC[N+](C)(C)C.C=COCC[N+](CC)(CC)CC.C=COCC[N+](CC)(CCC)CCC.C=COCC[N+](CC)(CCC)CCCC.CCCC[N+](CC)(CCC)CCOC1CCCCC1.CCCC[N+](CC)(CCC)CCOc1ccccc1.CCC[N+](CC)(CCC)CCOc1ccccc1.CC[N+](CC)(CC)CCOc1ccccc1.C[N+](C)(C)CCOc1ccccc1. The van der Waals surface area contributed by atoms with Crippen LogP contribution in [0.25, 0.3) is 0 Å². The zero-order chi connectivity index (χ0) is 102. The van der Waals surface area contributed by atoms with Crippen molar-refractivity contribution in [1.82, 2.24) is 0 Å². The second kappa shape index (κ2) is 88.0. The Labute approximate surface area is 839 Å². The van der Waals surface area contributed by atoms with Crippen molar-refractivity contribution in [3.05, 3.63) is 173 Å². The third kappa shape index (κ3) is 71.0. The highest BCUT2D eigenvalue weighted by molar-refractivity contribution is 5.23. The molecule has 786 valence electrons. The van der Waals surface area contributed by atoms with Gasteiger partial charge < -0.3 is 83.0 Å². The Kier molecular flexibility index (Phi) is 88.1. The smallest absolute Gasteiger partial charge is 0.137 e. The summed E-state index contributed by atoms with van der Waals surface area (Å²) in [4.78, 5) is 0. The molecule has 1 saturated carbocycles. The third-order valence-corrected chi connectivity index (χ3v) is 27.6. The van der Waals surface area contributed by atoms with Crippen LogP contribution in [0.3, 0.4) is 0 Å². The summed E-state index contributed by atoms with van der Waals surface area (Å²) >= 11 is 0. The summed E-state index contributed by atoms with van der Waals surface area (Å²) in [6, 6.07) is 40.3. The van der Waals surface area contributed by atoms with E-state index in [0.717, 1.165) is 153 Å². The van der Waals surface area contributed by atoms with Crippen molar-refractivity contribution < 1.29 is 83.0 Å². The van der Waals surface area contributed by atoms with Crippen molar-refractivity contribution in [2.45, 2.75) is 267 Å². The summed E-state index contributed by atoms with van der Waals surface area (Å²) in [5.41, 5.74) is 0. The van der Waals surface area contributed by atoms with E-state index in [1.54, 1.807) is 12.5 Å². The topological polar surface area (TPSA) is 83.1 Å². The van der Waals surface area contributed by atoms with Crippen LogP contribution in [0.2, 0.25) is 0 Å².